The number of hydrogen-bond acceptors (Lipinski definition) is 2. The molecular weight excluding hydrogens is 264 g/mol. The summed E-state index contributed by atoms with van der Waals surface area (Å²) in [6, 6.07) is 3.61. The molecule has 1 unspecified atom stereocenters. The van der Waals surface area contributed by atoms with Gasteiger partial charge in [-0.15, -0.1) is 0 Å². The molecule has 0 bridgehead atoms. The SMILES string of the molecule is CC(OCc1cc(F)cc(C#CCO)c1)C(F)(F)F. The summed E-state index contributed by atoms with van der Waals surface area (Å²) in [6.45, 7) is 0.130. The number of halogens is 4. The number of alkyl halides is 3. The quantitative estimate of drug-likeness (QED) is 0.679. The van der Waals surface area contributed by atoms with Gasteiger partial charge in [-0.2, -0.15) is 13.2 Å². The fourth-order valence-corrected chi connectivity index (χ4v) is 1.26. The van der Waals surface area contributed by atoms with E-state index < -0.39 is 18.1 Å². The van der Waals surface area contributed by atoms with Gasteiger partial charge in [-0.05, 0) is 30.7 Å². The van der Waals surface area contributed by atoms with E-state index in [4.69, 9.17) is 5.11 Å². The molecule has 1 N–H and O–H groups in total. The molecule has 19 heavy (non-hydrogen) atoms. The van der Waals surface area contributed by atoms with Crippen LogP contribution in [-0.4, -0.2) is 24.0 Å². The van der Waals surface area contributed by atoms with Crippen molar-refractivity contribution in [2.45, 2.75) is 25.8 Å². The second-order valence-corrected chi connectivity index (χ2v) is 3.80. The highest BCUT2D eigenvalue weighted by Gasteiger charge is 2.36. The number of rotatable bonds is 3. The maximum atomic E-state index is 13.2. The smallest absolute Gasteiger partial charge is 0.384 e. The van der Waals surface area contributed by atoms with Crippen LogP contribution in [0.15, 0.2) is 18.2 Å². The van der Waals surface area contributed by atoms with E-state index in [9.17, 15) is 17.6 Å². The van der Waals surface area contributed by atoms with Crippen molar-refractivity contribution in [1.82, 2.24) is 0 Å². The molecular formula is C13H12F4O2. The minimum Gasteiger partial charge on any atom is -0.384 e. The Labute approximate surface area is 108 Å². The van der Waals surface area contributed by atoms with Crippen molar-refractivity contribution < 1.29 is 27.4 Å². The van der Waals surface area contributed by atoms with Gasteiger partial charge in [-0.3, -0.25) is 0 Å². The molecule has 104 valence electrons. The van der Waals surface area contributed by atoms with Gasteiger partial charge in [-0.1, -0.05) is 11.8 Å². The first kappa shape index (κ1) is 15.5. The molecule has 0 aliphatic rings. The summed E-state index contributed by atoms with van der Waals surface area (Å²) in [4.78, 5) is 0. The molecule has 1 aromatic carbocycles. The Morgan fingerprint density at radius 3 is 2.58 bits per heavy atom. The van der Waals surface area contributed by atoms with Crippen LogP contribution in [0.4, 0.5) is 17.6 Å². The van der Waals surface area contributed by atoms with E-state index in [0.717, 1.165) is 19.1 Å². The first-order valence-electron chi connectivity index (χ1n) is 5.40. The summed E-state index contributed by atoms with van der Waals surface area (Å²) in [5, 5.41) is 8.51. The Balaban J connectivity index is 2.76. The lowest BCUT2D eigenvalue weighted by molar-refractivity contribution is -0.217. The maximum absolute atomic E-state index is 13.2. The van der Waals surface area contributed by atoms with Crippen molar-refractivity contribution in [2.24, 2.45) is 0 Å². The summed E-state index contributed by atoms with van der Waals surface area (Å²) in [5.41, 5.74) is 0.519. The lowest BCUT2D eigenvalue weighted by Crippen LogP contribution is -2.28. The molecule has 0 radical (unpaired) electrons. The average Bonchev–Trinajstić information content (AvgIpc) is 2.31. The third kappa shape index (κ3) is 5.28. The molecule has 2 nitrogen and oxygen atoms in total. The van der Waals surface area contributed by atoms with Crippen LogP contribution in [0.2, 0.25) is 0 Å². The first-order valence-corrected chi connectivity index (χ1v) is 5.40. The first-order chi connectivity index (χ1) is 8.82. The summed E-state index contributed by atoms with van der Waals surface area (Å²) in [6.07, 6.45) is -6.38. The van der Waals surface area contributed by atoms with Crippen LogP contribution >= 0.6 is 0 Å². The van der Waals surface area contributed by atoms with E-state index >= 15 is 0 Å². The maximum Gasteiger partial charge on any atom is 0.414 e. The van der Waals surface area contributed by atoms with Crippen LogP contribution in [0.5, 0.6) is 0 Å². The van der Waals surface area contributed by atoms with Crippen molar-refractivity contribution in [1.29, 1.82) is 0 Å². The van der Waals surface area contributed by atoms with Crippen molar-refractivity contribution in [3.8, 4) is 11.8 Å². The zero-order valence-corrected chi connectivity index (χ0v) is 10.1. The molecule has 6 heteroatoms. The Kier molecular flexibility index (Phi) is 5.33. The molecule has 0 amide bonds. The second kappa shape index (κ2) is 6.55. The fraction of sp³-hybridized carbons (Fsp3) is 0.385. The monoisotopic (exact) mass is 276 g/mol. The van der Waals surface area contributed by atoms with Gasteiger partial charge in [0.05, 0.1) is 6.61 Å². The van der Waals surface area contributed by atoms with E-state index in [-0.39, 0.29) is 24.3 Å². The molecule has 1 atom stereocenters. The lowest BCUT2D eigenvalue weighted by Gasteiger charge is -2.16. The van der Waals surface area contributed by atoms with Gasteiger partial charge in [-0.25, -0.2) is 4.39 Å². The third-order valence-electron chi connectivity index (χ3n) is 2.23. The van der Waals surface area contributed by atoms with Crippen molar-refractivity contribution in [3.05, 3.63) is 35.1 Å². The molecule has 0 saturated heterocycles. The zero-order chi connectivity index (χ0) is 14.5. The van der Waals surface area contributed by atoms with Crippen molar-refractivity contribution in [2.75, 3.05) is 6.61 Å². The molecule has 0 heterocycles. The summed E-state index contributed by atoms with van der Waals surface area (Å²) >= 11 is 0. The van der Waals surface area contributed by atoms with Gasteiger partial charge in [0.25, 0.3) is 0 Å². The van der Waals surface area contributed by atoms with Gasteiger partial charge >= 0.3 is 6.18 Å². The zero-order valence-electron chi connectivity index (χ0n) is 10.1. The largest absolute Gasteiger partial charge is 0.414 e. The Bertz CT molecular complexity index is 486. The van der Waals surface area contributed by atoms with E-state index in [1.54, 1.807) is 0 Å². The molecule has 1 aromatic rings. The third-order valence-corrected chi connectivity index (χ3v) is 2.23. The minimum atomic E-state index is -4.45. The Morgan fingerprint density at radius 1 is 1.32 bits per heavy atom. The fourth-order valence-electron chi connectivity index (χ4n) is 1.26. The molecule has 1 rings (SSSR count). The van der Waals surface area contributed by atoms with Gasteiger partial charge in [0.15, 0.2) is 6.10 Å². The van der Waals surface area contributed by atoms with Crippen LogP contribution in [0.3, 0.4) is 0 Å². The van der Waals surface area contributed by atoms with Gasteiger partial charge in [0.2, 0.25) is 0 Å². The van der Waals surface area contributed by atoms with E-state index in [0.29, 0.717) is 0 Å². The minimum absolute atomic E-state index is 0.248. The normalized spacial score (nSPS) is 12.7. The number of benzene rings is 1. The van der Waals surface area contributed by atoms with Crippen LogP contribution < -0.4 is 0 Å². The van der Waals surface area contributed by atoms with E-state index in [2.05, 4.69) is 16.6 Å². The number of ether oxygens (including phenoxy) is 1. The Morgan fingerprint density at radius 2 is 2.00 bits per heavy atom. The number of hydrogen-bond donors (Lipinski definition) is 1. The highest BCUT2D eigenvalue weighted by molar-refractivity contribution is 5.37. The highest BCUT2D eigenvalue weighted by Crippen LogP contribution is 2.23. The van der Waals surface area contributed by atoms with Crippen molar-refractivity contribution >= 4 is 0 Å². The predicted molar refractivity (Wildman–Crippen MR) is 60.7 cm³/mol. The molecule has 0 fully saturated rings. The second-order valence-electron chi connectivity index (χ2n) is 3.80. The van der Waals surface area contributed by atoms with E-state index in [1.807, 2.05) is 0 Å². The van der Waals surface area contributed by atoms with Crippen LogP contribution in [-0.2, 0) is 11.3 Å². The topological polar surface area (TPSA) is 29.5 Å². The lowest BCUT2D eigenvalue weighted by atomic mass is 10.1. The summed E-state index contributed by atoms with van der Waals surface area (Å²) in [7, 11) is 0. The summed E-state index contributed by atoms with van der Waals surface area (Å²) < 4.78 is 54.5. The average molecular weight is 276 g/mol. The molecule has 0 aromatic heterocycles. The van der Waals surface area contributed by atoms with Crippen LogP contribution in [0, 0.1) is 17.7 Å². The molecule has 0 spiro atoms. The van der Waals surface area contributed by atoms with E-state index in [1.165, 1.54) is 6.07 Å². The van der Waals surface area contributed by atoms with Crippen LogP contribution in [0.1, 0.15) is 18.1 Å². The highest BCUT2D eigenvalue weighted by atomic mass is 19.4. The standard InChI is InChI=1S/C13H12F4O2/c1-9(13(15,16)17)19-8-11-5-10(3-2-4-18)6-12(14)7-11/h5-7,9,18H,4,8H2,1H3. The molecule has 0 saturated carbocycles. The predicted octanol–water partition coefficient (Wildman–Crippen LogP) is 2.64. The van der Waals surface area contributed by atoms with Gasteiger partial charge in [0.1, 0.15) is 12.4 Å². The van der Waals surface area contributed by atoms with Gasteiger partial charge < -0.3 is 9.84 Å². The Hall–Kier alpha value is -1.58. The summed E-state index contributed by atoms with van der Waals surface area (Å²) in [5.74, 6) is 4.18. The van der Waals surface area contributed by atoms with Crippen molar-refractivity contribution in [3.63, 3.8) is 0 Å². The molecule has 0 aliphatic heterocycles. The van der Waals surface area contributed by atoms with Gasteiger partial charge in [0, 0.05) is 5.56 Å². The number of aliphatic hydroxyl groups is 1. The van der Waals surface area contributed by atoms with Crippen LogP contribution in [0.25, 0.3) is 0 Å². The number of aliphatic hydroxyl groups excluding tert-OH is 1. The molecule has 0 aliphatic carbocycles.